The Bertz CT molecular complexity index is 2230. The normalized spacial score (nSPS) is 25.1. The molecule has 3 aliphatic heterocycles. The second-order valence-electron chi connectivity index (χ2n) is 13.1. The SMILES string of the molecule is CC1C(O)[C@H]2OC(=O)c3cc(O)c(O)c(O)c3-c3c(cc(O)c(O)c3O)C(=O)OCC2O[C@H]1c1c(O)cc(O)c2c1OC(c1ccc(O)c(O)c1)[C@@H](O)C2. The molecule has 0 radical (unpaired) electrons. The number of ether oxygens (including phenoxy) is 4. The van der Waals surface area contributed by atoms with E-state index in [1.54, 1.807) is 0 Å². The quantitative estimate of drug-likeness (QED) is 0.103. The van der Waals surface area contributed by atoms with Gasteiger partial charge in [0.2, 0.25) is 11.5 Å². The molecule has 0 aliphatic carbocycles. The van der Waals surface area contributed by atoms with Gasteiger partial charge < -0.3 is 80.2 Å². The van der Waals surface area contributed by atoms with E-state index in [0.717, 1.165) is 18.2 Å². The molecule has 0 bridgehead atoms. The Balaban J connectivity index is 1.33. The first-order chi connectivity index (χ1) is 25.5. The fourth-order valence-corrected chi connectivity index (χ4v) is 7.06. The van der Waals surface area contributed by atoms with E-state index in [1.165, 1.54) is 13.0 Å². The van der Waals surface area contributed by atoms with Gasteiger partial charge in [0.15, 0.2) is 40.6 Å². The smallest absolute Gasteiger partial charge is 0.339 e. The summed E-state index contributed by atoms with van der Waals surface area (Å²) < 4.78 is 23.5. The van der Waals surface area contributed by atoms with Gasteiger partial charge in [-0.15, -0.1) is 0 Å². The topological polar surface area (TPSA) is 314 Å². The third kappa shape index (κ3) is 5.54. The predicted molar refractivity (Wildman–Crippen MR) is 177 cm³/mol. The van der Waals surface area contributed by atoms with Crippen LogP contribution < -0.4 is 4.74 Å². The van der Waals surface area contributed by atoms with Crippen LogP contribution >= 0.6 is 0 Å². The number of aromatic hydroxyl groups is 10. The van der Waals surface area contributed by atoms with Crippen LogP contribution in [0.15, 0.2) is 36.4 Å². The van der Waals surface area contributed by atoms with E-state index in [4.69, 9.17) is 18.9 Å². The highest BCUT2D eigenvalue weighted by Gasteiger charge is 2.50. The second kappa shape index (κ2) is 12.9. The van der Waals surface area contributed by atoms with Crippen LogP contribution in [0.4, 0.5) is 0 Å². The maximum absolute atomic E-state index is 13.8. The molecule has 7 rings (SSSR count). The molecular formula is C36H32O18. The average Bonchev–Trinajstić information content (AvgIpc) is 3.14. The minimum absolute atomic E-state index is 0.0289. The molecule has 3 aliphatic rings. The zero-order valence-corrected chi connectivity index (χ0v) is 27.7. The van der Waals surface area contributed by atoms with Crippen LogP contribution in [-0.4, -0.2) is 104 Å². The van der Waals surface area contributed by atoms with Gasteiger partial charge in [-0.3, -0.25) is 0 Å². The molecule has 4 aromatic carbocycles. The van der Waals surface area contributed by atoms with E-state index in [9.17, 15) is 70.9 Å². The Morgan fingerprint density at radius 3 is 1.85 bits per heavy atom. The summed E-state index contributed by atoms with van der Waals surface area (Å²) >= 11 is 0. The number of phenolic OH excluding ortho intramolecular Hbond substituents is 10. The van der Waals surface area contributed by atoms with Crippen molar-refractivity contribution in [3.63, 3.8) is 0 Å². The first kappa shape index (κ1) is 35.9. The van der Waals surface area contributed by atoms with Crippen molar-refractivity contribution in [1.82, 2.24) is 0 Å². The Hall–Kier alpha value is -6.50. The standard InChI is InChI=1S/C36H32O18/c1-10-26(44)34-22(52-31(10)25-18(40)8-16(38)12-5-21(43)32(53-33(12)25)11-2-3-15(37)17(39)4-11)9-51-35(49)13-6-19(41)27(45)29(47)23(13)24-14(36(50)54-34)7-20(42)28(46)30(24)48/h2-4,6-8,10,21-22,26,31-32,34,37-48H,5,9H2,1H3/t10?,21-,22?,26?,31+,32?,34-/m0/s1. The predicted octanol–water partition coefficient (Wildman–Crippen LogP) is 2.28. The molecule has 18 nitrogen and oxygen atoms in total. The summed E-state index contributed by atoms with van der Waals surface area (Å²) in [5, 5.41) is 128. The number of esters is 2. The van der Waals surface area contributed by atoms with E-state index in [2.05, 4.69) is 0 Å². The molecule has 7 atom stereocenters. The molecule has 18 heteroatoms. The molecule has 12 N–H and O–H groups in total. The Morgan fingerprint density at radius 2 is 1.24 bits per heavy atom. The number of fused-ring (bicyclic) bond motifs is 5. The molecule has 0 spiro atoms. The minimum atomic E-state index is -1.72. The van der Waals surface area contributed by atoms with Gasteiger partial charge >= 0.3 is 11.9 Å². The van der Waals surface area contributed by atoms with Crippen molar-refractivity contribution in [3.8, 4) is 74.4 Å². The van der Waals surface area contributed by atoms with Crippen LogP contribution in [0.5, 0.6) is 63.2 Å². The third-order valence-electron chi connectivity index (χ3n) is 9.86. The number of phenols is 10. The van der Waals surface area contributed by atoms with Crippen molar-refractivity contribution >= 4 is 11.9 Å². The average molecular weight is 753 g/mol. The number of aliphatic hydroxyl groups excluding tert-OH is 2. The number of carbonyl (C=O) groups excluding carboxylic acids is 2. The lowest BCUT2D eigenvalue weighted by atomic mass is 9.82. The van der Waals surface area contributed by atoms with Gasteiger partial charge in [0.1, 0.15) is 36.1 Å². The minimum Gasteiger partial charge on any atom is -0.507 e. The highest BCUT2D eigenvalue weighted by Crippen LogP contribution is 2.55. The second-order valence-corrected chi connectivity index (χ2v) is 13.1. The summed E-state index contributed by atoms with van der Waals surface area (Å²) in [5.74, 6) is -13.0. The van der Waals surface area contributed by atoms with Crippen molar-refractivity contribution in [2.75, 3.05) is 6.61 Å². The fourth-order valence-electron chi connectivity index (χ4n) is 7.06. The fraction of sp³-hybridized carbons (Fsp3) is 0.278. The lowest BCUT2D eigenvalue weighted by molar-refractivity contribution is -0.209. The van der Waals surface area contributed by atoms with Crippen LogP contribution in [0, 0.1) is 5.92 Å². The summed E-state index contributed by atoms with van der Waals surface area (Å²) in [6, 6.07) is 5.90. The van der Waals surface area contributed by atoms with Crippen molar-refractivity contribution in [3.05, 3.63) is 64.2 Å². The third-order valence-corrected chi connectivity index (χ3v) is 9.86. The lowest BCUT2D eigenvalue weighted by Gasteiger charge is -2.44. The molecule has 4 aromatic rings. The van der Waals surface area contributed by atoms with Crippen molar-refractivity contribution < 1.29 is 89.8 Å². The maximum atomic E-state index is 13.8. The van der Waals surface area contributed by atoms with E-state index in [1.807, 2.05) is 0 Å². The van der Waals surface area contributed by atoms with Gasteiger partial charge in [0.25, 0.3) is 0 Å². The van der Waals surface area contributed by atoms with E-state index in [0.29, 0.717) is 12.1 Å². The molecule has 54 heavy (non-hydrogen) atoms. The zero-order chi connectivity index (χ0) is 39.1. The van der Waals surface area contributed by atoms with Gasteiger partial charge in [0, 0.05) is 35.1 Å². The summed E-state index contributed by atoms with van der Waals surface area (Å²) in [6.07, 6.45) is -9.17. The Labute approximate surface area is 302 Å². The molecule has 3 heterocycles. The summed E-state index contributed by atoms with van der Waals surface area (Å²) in [4.78, 5) is 27.4. The zero-order valence-electron chi connectivity index (χ0n) is 27.7. The molecule has 284 valence electrons. The number of carbonyl (C=O) groups is 2. The number of hydrogen-bond acceptors (Lipinski definition) is 18. The largest absolute Gasteiger partial charge is 0.507 e. The maximum Gasteiger partial charge on any atom is 0.339 e. The Morgan fingerprint density at radius 1 is 0.630 bits per heavy atom. The van der Waals surface area contributed by atoms with Crippen LogP contribution in [0.1, 0.15) is 56.5 Å². The number of hydrogen-bond donors (Lipinski definition) is 12. The van der Waals surface area contributed by atoms with Crippen molar-refractivity contribution in [2.45, 2.75) is 50.0 Å². The van der Waals surface area contributed by atoms with Gasteiger partial charge in [0.05, 0.1) is 35.0 Å². The van der Waals surface area contributed by atoms with Gasteiger partial charge in [-0.2, -0.15) is 0 Å². The molecule has 1 fully saturated rings. The van der Waals surface area contributed by atoms with E-state index < -0.39 is 141 Å². The van der Waals surface area contributed by atoms with Crippen LogP contribution in [0.3, 0.4) is 0 Å². The number of cyclic esters (lactones) is 1. The molecule has 0 aromatic heterocycles. The summed E-state index contributed by atoms with van der Waals surface area (Å²) in [5.41, 5.74) is -3.10. The Kier molecular flexibility index (Phi) is 8.55. The number of rotatable bonds is 2. The van der Waals surface area contributed by atoms with Crippen LogP contribution in [-0.2, 0) is 20.6 Å². The monoisotopic (exact) mass is 752 g/mol. The molecular weight excluding hydrogens is 720 g/mol. The number of aliphatic hydroxyl groups is 2. The molecule has 1 saturated heterocycles. The summed E-state index contributed by atoms with van der Waals surface area (Å²) in [6.45, 7) is 0.610. The van der Waals surface area contributed by atoms with Crippen LogP contribution in [0.2, 0.25) is 0 Å². The molecule has 0 saturated carbocycles. The van der Waals surface area contributed by atoms with E-state index >= 15 is 0 Å². The first-order valence-corrected chi connectivity index (χ1v) is 16.2. The van der Waals surface area contributed by atoms with Gasteiger partial charge in [-0.1, -0.05) is 13.0 Å². The number of benzene rings is 4. The molecule has 0 amide bonds. The molecule has 4 unspecified atom stereocenters. The van der Waals surface area contributed by atoms with Crippen molar-refractivity contribution in [1.29, 1.82) is 0 Å². The first-order valence-electron chi connectivity index (χ1n) is 16.2. The van der Waals surface area contributed by atoms with Gasteiger partial charge in [-0.25, -0.2) is 9.59 Å². The van der Waals surface area contributed by atoms with Crippen molar-refractivity contribution in [2.24, 2.45) is 5.92 Å². The van der Waals surface area contributed by atoms with Crippen LogP contribution in [0.25, 0.3) is 11.1 Å². The highest BCUT2D eigenvalue weighted by molar-refractivity contribution is 6.08. The highest BCUT2D eigenvalue weighted by atomic mass is 16.6. The summed E-state index contributed by atoms with van der Waals surface area (Å²) in [7, 11) is 0. The van der Waals surface area contributed by atoms with E-state index in [-0.39, 0.29) is 28.9 Å². The lowest BCUT2D eigenvalue weighted by Crippen LogP contribution is -2.54. The van der Waals surface area contributed by atoms with Gasteiger partial charge in [-0.05, 0) is 29.8 Å².